The summed E-state index contributed by atoms with van der Waals surface area (Å²) in [4.78, 5) is 2.54. The lowest BCUT2D eigenvalue weighted by atomic mass is 9.59. The van der Waals surface area contributed by atoms with E-state index in [-0.39, 0.29) is 0 Å². The first-order valence-electron chi connectivity index (χ1n) is 26.4. The molecular formula is C72H53N. The summed E-state index contributed by atoms with van der Waals surface area (Å²) >= 11 is 0. The highest BCUT2D eigenvalue weighted by Crippen LogP contribution is 2.65. The lowest BCUT2D eigenvalue weighted by Gasteiger charge is -2.43. The van der Waals surface area contributed by atoms with Gasteiger partial charge in [0.05, 0.1) is 10.8 Å². The van der Waals surface area contributed by atoms with Gasteiger partial charge in [-0.1, -0.05) is 238 Å². The van der Waals surface area contributed by atoms with E-state index in [1.54, 1.807) is 0 Å². The fourth-order valence-corrected chi connectivity index (χ4v) is 14.4. The molecule has 346 valence electrons. The van der Waals surface area contributed by atoms with Crippen molar-refractivity contribution in [3.05, 3.63) is 305 Å². The monoisotopic (exact) mass is 931 g/mol. The van der Waals surface area contributed by atoms with Crippen molar-refractivity contribution in [2.45, 2.75) is 48.9 Å². The van der Waals surface area contributed by atoms with Crippen LogP contribution >= 0.6 is 0 Å². The summed E-state index contributed by atoms with van der Waals surface area (Å²) in [5, 5.41) is 2.74. The van der Waals surface area contributed by atoms with E-state index in [1.165, 1.54) is 137 Å². The first-order chi connectivity index (χ1) is 36.2. The minimum atomic E-state index is -0.544. The molecule has 0 radical (unpaired) electrons. The normalized spacial score (nSPS) is 16.6. The molecule has 4 aliphatic carbocycles. The summed E-state index contributed by atoms with van der Waals surface area (Å²) in [6.07, 6.45) is 6.35. The number of anilines is 3. The van der Waals surface area contributed by atoms with E-state index in [9.17, 15) is 0 Å². The van der Waals surface area contributed by atoms with Gasteiger partial charge in [0.15, 0.2) is 0 Å². The number of hydrogen-bond acceptors (Lipinski definition) is 1. The Balaban J connectivity index is 1.02. The van der Waals surface area contributed by atoms with E-state index in [2.05, 4.69) is 260 Å². The lowest BCUT2D eigenvalue weighted by molar-refractivity contribution is 0.440. The molecule has 11 aromatic carbocycles. The van der Waals surface area contributed by atoms with Crippen molar-refractivity contribution in [2.24, 2.45) is 0 Å². The summed E-state index contributed by atoms with van der Waals surface area (Å²) in [6, 6.07) is 97.0. The molecule has 11 aromatic rings. The van der Waals surface area contributed by atoms with Crippen LogP contribution in [-0.4, -0.2) is 0 Å². The van der Waals surface area contributed by atoms with Gasteiger partial charge in [-0.15, -0.1) is 0 Å². The van der Waals surface area contributed by atoms with Gasteiger partial charge in [0.1, 0.15) is 0 Å². The first kappa shape index (κ1) is 42.2. The molecule has 1 spiro atoms. The maximum absolute atomic E-state index is 2.60. The third kappa shape index (κ3) is 6.03. The molecule has 0 amide bonds. The molecule has 4 aliphatic rings. The third-order valence-electron chi connectivity index (χ3n) is 17.3. The Labute approximate surface area is 428 Å². The molecule has 15 rings (SSSR count). The van der Waals surface area contributed by atoms with Gasteiger partial charge in [-0.25, -0.2) is 0 Å². The second-order valence-corrected chi connectivity index (χ2v) is 20.8. The quantitative estimate of drug-likeness (QED) is 0.154. The van der Waals surface area contributed by atoms with Crippen molar-refractivity contribution < 1.29 is 0 Å². The molecule has 73 heavy (non-hydrogen) atoms. The molecule has 1 nitrogen and oxygen atoms in total. The summed E-state index contributed by atoms with van der Waals surface area (Å²) < 4.78 is 0. The van der Waals surface area contributed by atoms with Crippen LogP contribution in [0.15, 0.2) is 255 Å². The predicted molar refractivity (Wildman–Crippen MR) is 303 cm³/mol. The van der Waals surface area contributed by atoms with Crippen LogP contribution in [0, 0.1) is 0 Å². The molecular weight excluding hydrogens is 879 g/mol. The smallest absolute Gasteiger partial charge is 0.0729 e. The van der Waals surface area contributed by atoms with Crippen LogP contribution < -0.4 is 4.90 Å². The van der Waals surface area contributed by atoms with Crippen molar-refractivity contribution in [3.8, 4) is 44.5 Å². The highest BCUT2D eigenvalue weighted by Gasteiger charge is 2.52. The van der Waals surface area contributed by atoms with Crippen LogP contribution in [0.2, 0.25) is 0 Å². The first-order valence-corrected chi connectivity index (χ1v) is 26.4. The Kier molecular flexibility index (Phi) is 9.55. The number of nitrogens with zero attached hydrogens (tertiary/aromatic N) is 1. The average Bonchev–Trinajstić information content (AvgIpc) is 3.94. The summed E-state index contributed by atoms with van der Waals surface area (Å²) in [5.41, 5.74) is 24.9. The number of fused-ring (bicyclic) bond motifs is 12. The molecule has 1 heteroatoms. The van der Waals surface area contributed by atoms with Crippen LogP contribution in [0.1, 0.15) is 88.1 Å². The zero-order valence-electron chi connectivity index (χ0n) is 40.8. The van der Waals surface area contributed by atoms with E-state index in [0.717, 1.165) is 17.1 Å². The number of rotatable bonds is 7. The highest BCUT2D eigenvalue weighted by molar-refractivity contribution is 6.08. The molecule has 0 N–H and O–H groups in total. The highest BCUT2D eigenvalue weighted by atomic mass is 15.1. The van der Waals surface area contributed by atoms with Crippen LogP contribution in [0.4, 0.5) is 17.1 Å². The minimum Gasteiger partial charge on any atom is -0.310 e. The van der Waals surface area contributed by atoms with Gasteiger partial charge >= 0.3 is 0 Å². The lowest BCUT2D eigenvalue weighted by Crippen LogP contribution is -2.34. The molecule has 0 aromatic heterocycles. The number of hydrogen-bond donors (Lipinski definition) is 0. The minimum absolute atomic E-state index is 0.507. The summed E-state index contributed by atoms with van der Waals surface area (Å²) in [7, 11) is 0. The van der Waals surface area contributed by atoms with Crippen molar-refractivity contribution in [1.82, 2.24) is 0 Å². The van der Waals surface area contributed by atoms with Gasteiger partial charge in [0.25, 0.3) is 0 Å². The van der Waals surface area contributed by atoms with Crippen molar-refractivity contribution in [3.63, 3.8) is 0 Å². The molecule has 0 bridgehead atoms. The van der Waals surface area contributed by atoms with Gasteiger partial charge in [-0.05, 0) is 161 Å². The van der Waals surface area contributed by atoms with Crippen LogP contribution in [-0.2, 0) is 10.8 Å². The van der Waals surface area contributed by atoms with E-state index in [1.807, 2.05) is 0 Å². The van der Waals surface area contributed by atoms with E-state index >= 15 is 0 Å². The Morgan fingerprint density at radius 3 is 1.36 bits per heavy atom. The van der Waals surface area contributed by atoms with Crippen molar-refractivity contribution in [1.29, 1.82) is 0 Å². The van der Waals surface area contributed by atoms with E-state index in [4.69, 9.17) is 0 Å². The average molecular weight is 932 g/mol. The molecule has 1 unspecified atom stereocenters. The van der Waals surface area contributed by atoms with E-state index in [0.29, 0.717) is 5.92 Å². The zero-order chi connectivity index (χ0) is 48.1. The van der Waals surface area contributed by atoms with E-state index < -0.39 is 10.8 Å². The molecule has 1 atom stereocenters. The van der Waals surface area contributed by atoms with Crippen molar-refractivity contribution in [2.75, 3.05) is 4.90 Å². The Hall–Kier alpha value is -8.52. The van der Waals surface area contributed by atoms with Crippen LogP contribution in [0.5, 0.6) is 0 Å². The second kappa shape index (κ2) is 16.5. The molecule has 1 fully saturated rings. The fraction of sp³-hybridized carbons (Fsp3) is 0.111. The molecule has 0 aliphatic heterocycles. The predicted octanol–water partition coefficient (Wildman–Crippen LogP) is 18.7. The standard InChI is InChI=1S/C72H53N/c1-5-20-48(21-6-1)49-36-39-54(40-37-49)73(55-41-44-61-58-29-13-16-33-64(58)71(67(61)46-55,52-25-9-3-10-26-52)53-27-11-4-12-28-53)56-42-45-62-59-30-14-17-34-65(59)72(68(62)47-56)66-35-18-15-31-60(66)63-32-19-24-51-38-43-57(70(72)69(51)63)50-22-7-2-8-23-50/h1,3-6,9-21,24-47,50H,2,7-8,22-23H2. The summed E-state index contributed by atoms with van der Waals surface area (Å²) in [5.74, 6) is 0.507. The van der Waals surface area contributed by atoms with Crippen molar-refractivity contribution >= 4 is 27.8 Å². The van der Waals surface area contributed by atoms with Crippen LogP contribution in [0.25, 0.3) is 55.3 Å². The molecule has 0 saturated heterocycles. The molecule has 0 heterocycles. The SMILES string of the molecule is c1ccc(-c2ccc(N(c3ccc4c(c3)C(c3ccccc3)(c3ccccc3)c3ccccc3-4)c3ccc4c(c3)C3(c5ccccc5-4)c4ccccc4-c4cccc5ccc(C6CCCCC6)c3c45)cc2)cc1. The largest absolute Gasteiger partial charge is 0.310 e. The number of benzene rings is 11. The Morgan fingerprint density at radius 1 is 0.315 bits per heavy atom. The maximum Gasteiger partial charge on any atom is 0.0729 e. The Bertz CT molecular complexity index is 3900. The van der Waals surface area contributed by atoms with Crippen LogP contribution in [0.3, 0.4) is 0 Å². The maximum atomic E-state index is 2.60. The summed E-state index contributed by atoms with van der Waals surface area (Å²) in [6.45, 7) is 0. The van der Waals surface area contributed by atoms with Gasteiger partial charge in [-0.2, -0.15) is 0 Å². The third-order valence-corrected chi connectivity index (χ3v) is 17.3. The topological polar surface area (TPSA) is 3.24 Å². The van der Waals surface area contributed by atoms with Gasteiger partial charge in [-0.3, -0.25) is 0 Å². The van der Waals surface area contributed by atoms with Gasteiger partial charge in [0, 0.05) is 17.1 Å². The fourth-order valence-electron chi connectivity index (χ4n) is 14.4. The van der Waals surface area contributed by atoms with Gasteiger partial charge < -0.3 is 4.90 Å². The van der Waals surface area contributed by atoms with Gasteiger partial charge in [0.2, 0.25) is 0 Å². The zero-order valence-corrected chi connectivity index (χ0v) is 40.8. The molecule has 1 saturated carbocycles. The second-order valence-electron chi connectivity index (χ2n) is 20.8. The Morgan fingerprint density at radius 2 is 0.767 bits per heavy atom.